The summed E-state index contributed by atoms with van der Waals surface area (Å²) in [6.07, 6.45) is 0.0276. The van der Waals surface area contributed by atoms with E-state index in [1.54, 1.807) is 17.5 Å². The van der Waals surface area contributed by atoms with Crippen LogP contribution in [0, 0.1) is 0 Å². The lowest BCUT2D eigenvalue weighted by molar-refractivity contribution is -0.117. The largest absolute Gasteiger partial charge is 0.503 e. The Kier molecular flexibility index (Phi) is 6.38. The van der Waals surface area contributed by atoms with Crippen LogP contribution in [0.5, 0.6) is 5.75 Å². The van der Waals surface area contributed by atoms with Crippen LogP contribution >= 0.6 is 11.3 Å². The molecule has 1 unspecified atom stereocenters. The van der Waals surface area contributed by atoms with Crippen molar-refractivity contribution in [2.24, 2.45) is 0 Å². The molecule has 1 aromatic heterocycles. The van der Waals surface area contributed by atoms with Gasteiger partial charge in [0.25, 0.3) is 5.91 Å². The van der Waals surface area contributed by atoms with Crippen molar-refractivity contribution >= 4 is 28.7 Å². The molecule has 2 aromatic carbocycles. The van der Waals surface area contributed by atoms with Gasteiger partial charge in [0.1, 0.15) is 5.75 Å². The normalized spacial score (nSPS) is 16.2. The Morgan fingerprint density at radius 2 is 1.67 bits per heavy atom. The van der Waals surface area contributed by atoms with E-state index >= 15 is 0 Å². The van der Waals surface area contributed by atoms with Gasteiger partial charge < -0.3 is 9.84 Å². The Labute approximate surface area is 197 Å². The predicted molar refractivity (Wildman–Crippen MR) is 131 cm³/mol. The summed E-state index contributed by atoms with van der Waals surface area (Å²) < 4.78 is 5.75. The molecule has 170 valence electrons. The Balaban J connectivity index is 1.80. The average Bonchev–Trinajstić information content (AvgIpc) is 3.41. The Morgan fingerprint density at radius 3 is 2.21 bits per heavy atom. The summed E-state index contributed by atoms with van der Waals surface area (Å²) in [5.41, 5.74) is 2.57. The zero-order valence-electron chi connectivity index (χ0n) is 19.1. The number of aliphatic hydroxyl groups is 1. The van der Waals surface area contributed by atoms with Crippen LogP contribution < -0.4 is 9.64 Å². The van der Waals surface area contributed by atoms with E-state index in [0.717, 1.165) is 11.1 Å². The van der Waals surface area contributed by atoms with Crippen LogP contribution in [-0.4, -0.2) is 22.9 Å². The minimum absolute atomic E-state index is 0.0276. The van der Waals surface area contributed by atoms with Gasteiger partial charge in [0.05, 0.1) is 22.6 Å². The first-order valence-electron chi connectivity index (χ1n) is 11.0. The zero-order valence-corrected chi connectivity index (χ0v) is 19.9. The number of anilines is 1. The first-order chi connectivity index (χ1) is 15.8. The van der Waals surface area contributed by atoms with Crippen molar-refractivity contribution in [3.05, 3.63) is 93.4 Å². The highest BCUT2D eigenvalue weighted by Crippen LogP contribution is 2.42. The van der Waals surface area contributed by atoms with Crippen LogP contribution in [0.3, 0.4) is 0 Å². The molecule has 1 N–H and O–H groups in total. The molecule has 0 bridgehead atoms. The lowest BCUT2D eigenvalue weighted by Gasteiger charge is -2.27. The van der Waals surface area contributed by atoms with Gasteiger partial charge in [-0.2, -0.15) is 0 Å². The minimum atomic E-state index is -0.745. The lowest BCUT2D eigenvalue weighted by Crippen LogP contribution is -2.31. The van der Waals surface area contributed by atoms with Crippen LogP contribution in [0.4, 0.5) is 5.69 Å². The zero-order chi connectivity index (χ0) is 23.7. The third-order valence-electron chi connectivity index (χ3n) is 5.60. The summed E-state index contributed by atoms with van der Waals surface area (Å²) in [4.78, 5) is 28.6. The van der Waals surface area contributed by atoms with E-state index in [-0.39, 0.29) is 17.5 Å². The summed E-state index contributed by atoms with van der Waals surface area (Å²) in [7, 11) is 0. The van der Waals surface area contributed by atoms with Gasteiger partial charge in [-0.25, -0.2) is 0 Å². The smallest absolute Gasteiger partial charge is 0.294 e. The topological polar surface area (TPSA) is 66.8 Å². The second kappa shape index (κ2) is 9.24. The van der Waals surface area contributed by atoms with Gasteiger partial charge in [0.15, 0.2) is 5.76 Å². The Morgan fingerprint density at radius 1 is 1.00 bits per heavy atom. The number of ketones is 1. The van der Waals surface area contributed by atoms with E-state index in [0.29, 0.717) is 22.2 Å². The third kappa shape index (κ3) is 4.44. The summed E-state index contributed by atoms with van der Waals surface area (Å²) in [6.45, 7) is 8.10. The monoisotopic (exact) mass is 461 g/mol. The molecule has 0 spiro atoms. The highest BCUT2D eigenvalue weighted by molar-refractivity contribution is 7.12. The molecule has 4 rings (SSSR count). The third-order valence-corrected chi connectivity index (χ3v) is 6.47. The van der Waals surface area contributed by atoms with Gasteiger partial charge in [-0.15, -0.1) is 11.3 Å². The maximum atomic E-state index is 13.4. The van der Waals surface area contributed by atoms with Gasteiger partial charge in [-0.05, 0) is 66.6 Å². The fourth-order valence-corrected chi connectivity index (χ4v) is 4.66. The van der Waals surface area contributed by atoms with E-state index in [4.69, 9.17) is 4.74 Å². The minimum Gasteiger partial charge on any atom is -0.503 e. The Hall–Kier alpha value is -3.38. The number of amides is 1. The first kappa shape index (κ1) is 22.8. The van der Waals surface area contributed by atoms with E-state index < -0.39 is 17.7 Å². The van der Waals surface area contributed by atoms with Crippen LogP contribution in [0.15, 0.2) is 77.4 Å². The molecule has 6 heteroatoms. The van der Waals surface area contributed by atoms with E-state index in [1.807, 2.05) is 62.4 Å². The molecule has 0 fully saturated rings. The van der Waals surface area contributed by atoms with Crippen LogP contribution in [-0.2, 0) is 4.79 Å². The lowest BCUT2D eigenvalue weighted by atomic mass is 9.95. The molecular weight excluding hydrogens is 434 g/mol. The summed E-state index contributed by atoms with van der Waals surface area (Å²) >= 11 is 1.29. The van der Waals surface area contributed by atoms with Crippen LogP contribution in [0.1, 0.15) is 60.5 Å². The first-order valence-corrected chi connectivity index (χ1v) is 11.9. The number of benzene rings is 2. The molecule has 0 saturated heterocycles. The molecular formula is C27H27NO4S. The van der Waals surface area contributed by atoms with E-state index in [1.165, 1.54) is 16.2 Å². The van der Waals surface area contributed by atoms with Crippen molar-refractivity contribution < 1.29 is 19.4 Å². The predicted octanol–water partition coefficient (Wildman–Crippen LogP) is 6.44. The van der Waals surface area contributed by atoms with Crippen molar-refractivity contribution in [1.82, 2.24) is 0 Å². The molecule has 3 aromatic rings. The van der Waals surface area contributed by atoms with Gasteiger partial charge in [-0.3, -0.25) is 14.5 Å². The molecule has 0 saturated carbocycles. The molecule has 1 amide bonds. The van der Waals surface area contributed by atoms with Crippen LogP contribution in [0.25, 0.3) is 0 Å². The fraction of sp³-hybridized carbons (Fsp3) is 0.259. The maximum Gasteiger partial charge on any atom is 0.294 e. The van der Waals surface area contributed by atoms with E-state index in [2.05, 4.69) is 13.8 Å². The summed E-state index contributed by atoms with van der Waals surface area (Å²) in [5.74, 6) is -0.386. The van der Waals surface area contributed by atoms with Crippen molar-refractivity contribution in [2.45, 2.75) is 45.8 Å². The maximum absolute atomic E-state index is 13.4. The second-order valence-electron chi connectivity index (χ2n) is 8.63. The highest BCUT2D eigenvalue weighted by Gasteiger charge is 2.44. The average molecular weight is 462 g/mol. The van der Waals surface area contributed by atoms with Gasteiger partial charge in [0, 0.05) is 5.69 Å². The SMILES string of the molecule is CC(C)Oc1ccc(C2C(C(=O)c3cccs3)=C(O)C(=O)N2c2ccc(C(C)C)cc2)cc1. The van der Waals surface area contributed by atoms with Crippen molar-refractivity contribution in [3.63, 3.8) is 0 Å². The number of thiophene rings is 1. The number of aliphatic hydroxyl groups excluding tert-OH is 1. The number of ether oxygens (including phenoxy) is 1. The molecule has 5 nitrogen and oxygen atoms in total. The molecule has 1 atom stereocenters. The number of Topliss-reactive ketones (excluding diaryl/α,β-unsaturated/α-hetero) is 1. The van der Waals surface area contributed by atoms with Gasteiger partial charge in [0.2, 0.25) is 5.78 Å². The summed E-state index contributed by atoms with van der Waals surface area (Å²) in [5, 5.41) is 12.7. The number of carbonyl (C=O) groups excluding carboxylic acids is 2. The number of carbonyl (C=O) groups is 2. The number of hydrogen-bond donors (Lipinski definition) is 1. The van der Waals surface area contributed by atoms with Crippen molar-refractivity contribution in [2.75, 3.05) is 4.90 Å². The number of rotatable bonds is 7. The Bertz CT molecular complexity index is 1180. The standard InChI is InChI=1S/C27H27NO4S/c1-16(2)18-7-11-20(12-8-18)28-24(19-9-13-21(14-10-19)32-17(3)4)23(26(30)27(28)31)25(29)22-6-5-15-33-22/h5-17,24,30H,1-4H3. The molecule has 2 heterocycles. The molecule has 33 heavy (non-hydrogen) atoms. The quantitative estimate of drug-likeness (QED) is 0.411. The highest BCUT2D eigenvalue weighted by atomic mass is 32.1. The van der Waals surface area contributed by atoms with Gasteiger partial charge >= 0.3 is 0 Å². The molecule has 0 aliphatic carbocycles. The molecule has 0 radical (unpaired) electrons. The number of hydrogen-bond acceptors (Lipinski definition) is 5. The summed E-state index contributed by atoms with van der Waals surface area (Å²) in [6, 6.07) is 17.7. The molecule has 1 aliphatic rings. The van der Waals surface area contributed by atoms with Crippen molar-refractivity contribution in [3.8, 4) is 5.75 Å². The van der Waals surface area contributed by atoms with Crippen molar-refractivity contribution in [1.29, 1.82) is 0 Å². The number of nitrogens with zero attached hydrogens (tertiary/aromatic N) is 1. The second-order valence-corrected chi connectivity index (χ2v) is 9.58. The van der Waals surface area contributed by atoms with Crippen LogP contribution in [0.2, 0.25) is 0 Å². The fourth-order valence-electron chi connectivity index (χ4n) is 3.98. The van der Waals surface area contributed by atoms with Gasteiger partial charge in [-0.1, -0.05) is 44.2 Å². The molecule has 1 aliphatic heterocycles. The van der Waals surface area contributed by atoms with E-state index in [9.17, 15) is 14.7 Å².